The minimum Gasteiger partial charge on any atom is -0.490 e. The number of fused-ring (bicyclic) bond motifs is 1. The van der Waals surface area contributed by atoms with Crippen molar-refractivity contribution in [2.45, 2.75) is 25.0 Å². The van der Waals surface area contributed by atoms with E-state index in [1.807, 2.05) is 42.9 Å². The molecule has 1 aliphatic rings. The molecule has 0 atom stereocenters. The monoisotopic (exact) mass is 484 g/mol. The SMILES string of the molecule is CCN(C(=O)OCc1ccc(S(C)(=O)=O)cc1)c1ccc2c(c1)N(Cc1cn(C)cn1)CCO2. The minimum atomic E-state index is -3.27. The van der Waals surface area contributed by atoms with E-state index in [0.29, 0.717) is 37.5 Å². The highest BCUT2D eigenvalue weighted by Gasteiger charge is 2.23. The molecule has 0 bridgehead atoms. The van der Waals surface area contributed by atoms with Crippen LogP contribution in [0.25, 0.3) is 0 Å². The fraction of sp³-hybridized carbons (Fsp3) is 0.333. The van der Waals surface area contributed by atoms with Gasteiger partial charge in [-0.2, -0.15) is 0 Å². The van der Waals surface area contributed by atoms with Crippen LogP contribution >= 0.6 is 0 Å². The van der Waals surface area contributed by atoms with Gasteiger partial charge in [0, 0.05) is 31.7 Å². The van der Waals surface area contributed by atoms with Gasteiger partial charge in [-0.05, 0) is 42.8 Å². The number of benzene rings is 2. The van der Waals surface area contributed by atoms with E-state index in [2.05, 4.69) is 9.88 Å². The molecule has 10 heteroatoms. The number of nitrogens with zero attached hydrogens (tertiary/aromatic N) is 4. The van der Waals surface area contributed by atoms with Crippen molar-refractivity contribution < 1.29 is 22.7 Å². The Balaban J connectivity index is 1.47. The van der Waals surface area contributed by atoms with Gasteiger partial charge in [0.15, 0.2) is 9.84 Å². The number of carbonyl (C=O) groups is 1. The molecule has 0 saturated heterocycles. The minimum absolute atomic E-state index is 0.0409. The summed E-state index contributed by atoms with van der Waals surface area (Å²) in [6.45, 7) is 4.28. The van der Waals surface area contributed by atoms with Gasteiger partial charge in [-0.1, -0.05) is 12.1 Å². The number of carbonyl (C=O) groups excluding carboxylic acids is 1. The largest absolute Gasteiger partial charge is 0.490 e. The lowest BCUT2D eigenvalue weighted by molar-refractivity contribution is 0.147. The van der Waals surface area contributed by atoms with Crippen LogP contribution < -0.4 is 14.5 Å². The van der Waals surface area contributed by atoms with Crippen molar-refractivity contribution in [2.75, 3.05) is 35.8 Å². The van der Waals surface area contributed by atoms with Crippen LogP contribution in [0.15, 0.2) is 59.9 Å². The molecule has 0 saturated carbocycles. The molecule has 0 N–H and O–H groups in total. The predicted molar refractivity (Wildman–Crippen MR) is 129 cm³/mol. The Labute approximate surface area is 199 Å². The fourth-order valence-electron chi connectivity index (χ4n) is 3.81. The molecule has 0 spiro atoms. The third kappa shape index (κ3) is 5.33. The van der Waals surface area contributed by atoms with Crippen molar-refractivity contribution in [3.05, 3.63) is 66.2 Å². The summed E-state index contributed by atoms with van der Waals surface area (Å²) in [5.74, 6) is 0.765. The molecule has 0 aliphatic carbocycles. The quantitative estimate of drug-likeness (QED) is 0.507. The summed E-state index contributed by atoms with van der Waals surface area (Å²) in [5, 5.41) is 0. The number of amides is 1. The molecule has 0 fully saturated rings. The predicted octanol–water partition coefficient (Wildman–Crippen LogP) is 3.39. The average Bonchev–Trinajstić information content (AvgIpc) is 3.22. The number of hydrogen-bond donors (Lipinski definition) is 0. The van der Waals surface area contributed by atoms with Gasteiger partial charge >= 0.3 is 6.09 Å². The molecule has 3 aromatic rings. The molecule has 4 rings (SSSR count). The first kappa shape index (κ1) is 23.6. The number of aryl methyl sites for hydroxylation is 1. The number of aromatic nitrogens is 2. The summed E-state index contributed by atoms with van der Waals surface area (Å²) in [6, 6.07) is 12.0. The number of imidazole rings is 1. The van der Waals surface area contributed by atoms with Gasteiger partial charge in [0.2, 0.25) is 0 Å². The lowest BCUT2D eigenvalue weighted by atomic mass is 10.2. The lowest BCUT2D eigenvalue weighted by Crippen LogP contribution is -2.34. The Kier molecular flexibility index (Phi) is 6.78. The maximum absolute atomic E-state index is 12.9. The van der Waals surface area contributed by atoms with Gasteiger partial charge in [0.05, 0.1) is 35.7 Å². The van der Waals surface area contributed by atoms with Crippen LogP contribution in [-0.2, 0) is 34.8 Å². The summed E-state index contributed by atoms with van der Waals surface area (Å²) >= 11 is 0. The molecule has 34 heavy (non-hydrogen) atoms. The van der Waals surface area contributed by atoms with Crippen LogP contribution in [0.3, 0.4) is 0 Å². The van der Waals surface area contributed by atoms with Crippen molar-refractivity contribution in [3.63, 3.8) is 0 Å². The topological polar surface area (TPSA) is 94.0 Å². The lowest BCUT2D eigenvalue weighted by Gasteiger charge is -2.32. The Hall–Kier alpha value is -3.53. The Bertz CT molecular complexity index is 1270. The van der Waals surface area contributed by atoms with E-state index in [4.69, 9.17) is 9.47 Å². The second kappa shape index (κ2) is 9.76. The summed E-state index contributed by atoms with van der Waals surface area (Å²) in [7, 11) is -1.33. The summed E-state index contributed by atoms with van der Waals surface area (Å²) in [4.78, 5) is 21.3. The van der Waals surface area contributed by atoms with Gasteiger partial charge in [0.1, 0.15) is 19.0 Å². The first-order valence-electron chi connectivity index (χ1n) is 11.0. The molecule has 0 unspecified atom stereocenters. The maximum atomic E-state index is 12.9. The van der Waals surface area contributed by atoms with E-state index in [1.165, 1.54) is 12.1 Å². The van der Waals surface area contributed by atoms with Gasteiger partial charge in [-0.25, -0.2) is 18.2 Å². The van der Waals surface area contributed by atoms with Gasteiger partial charge in [0.25, 0.3) is 0 Å². The van der Waals surface area contributed by atoms with E-state index >= 15 is 0 Å². The molecule has 2 heterocycles. The molecule has 1 aromatic heterocycles. The van der Waals surface area contributed by atoms with Gasteiger partial charge in [-0.3, -0.25) is 4.90 Å². The van der Waals surface area contributed by atoms with Crippen LogP contribution in [0.5, 0.6) is 5.75 Å². The number of sulfone groups is 1. The Morgan fingerprint density at radius 1 is 1.21 bits per heavy atom. The first-order valence-corrected chi connectivity index (χ1v) is 12.9. The van der Waals surface area contributed by atoms with Crippen molar-refractivity contribution in [1.82, 2.24) is 9.55 Å². The number of rotatable bonds is 7. The third-order valence-corrected chi connectivity index (χ3v) is 6.70. The average molecular weight is 485 g/mol. The second-order valence-corrected chi connectivity index (χ2v) is 10.2. The highest BCUT2D eigenvalue weighted by atomic mass is 32.2. The fourth-order valence-corrected chi connectivity index (χ4v) is 4.44. The molecule has 9 nitrogen and oxygen atoms in total. The van der Waals surface area contributed by atoms with Crippen LogP contribution in [0.4, 0.5) is 16.2 Å². The van der Waals surface area contributed by atoms with E-state index in [0.717, 1.165) is 23.4 Å². The van der Waals surface area contributed by atoms with Gasteiger partial charge < -0.3 is 18.9 Å². The maximum Gasteiger partial charge on any atom is 0.414 e. The van der Waals surface area contributed by atoms with Crippen LogP contribution in [0.1, 0.15) is 18.2 Å². The van der Waals surface area contributed by atoms with Crippen molar-refractivity contribution in [2.24, 2.45) is 7.05 Å². The molecule has 0 radical (unpaired) electrons. The van der Waals surface area contributed by atoms with Crippen molar-refractivity contribution >= 4 is 27.3 Å². The van der Waals surface area contributed by atoms with Crippen molar-refractivity contribution in [3.8, 4) is 5.75 Å². The number of hydrogen-bond acceptors (Lipinski definition) is 7. The molecular weight excluding hydrogens is 456 g/mol. The van der Waals surface area contributed by atoms with Crippen molar-refractivity contribution in [1.29, 1.82) is 0 Å². The smallest absolute Gasteiger partial charge is 0.414 e. The first-order chi connectivity index (χ1) is 16.2. The van der Waals surface area contributed by atoms with Crippen LogP contribution in [0, 0.1) is 0 Å². The standard InChI is InChI=1S/C24H28N4O5S/c1-4-28(24(29)33-16-18-5-8-21(9-6-18)34(3,30)31)20-7-10-23-22(13-20)27(11-12-32-23)15-19-14-26(2)17-25-19/h5-10,13-14,17H,4,11-12,15-16H2,1-3H3. The van der Waals surface area contributed by atoms with Crippen LogP contribution in [-0.4, -0.2) is 50.0 Å². The molecule has 2 aromatic carbocycles. The molecule has 1 aliphatic heterocycles. The van der Waals surface area contributed by atoms with E-state index in [1.54, 1.807) is 23.4 Å². The summed E-state index contributed by atoms with van der Waals surface area (Å²) < 4.78 is 36.5. The normalized spacial score (nSPS) is 13.2. The molecule has 1 amide bonds. The second-order valence-electron chi connectivity index (χ2n) is 8.17. The van der Waals surface area contributed by atoms with E-state index in [-0.39, 0.29) is 11.5 Å². The Morgan fingerprint density at radius 3 is 2.62 bits per heavy atom. The zero-order valence-corrected chi connectivity index (χ0v) is 20.3. The van der Waals surface area contributed by atoms with Gasteiger partial charge in [-0.15, -0.1) is 0 Å². The zero-order chi connectivity index (χ0) is 24.3. The Morgan fingerprint density at radius 2 is 1.97 bits per heavy atom. The molecule has 180 valence electrons. The summed E-state index contributed by atoms with van der Waals surface area (Å²) in [6.07, 6.45) is 4.43. The third-order valence-electron chi connectivity index (χ3n) is 5.58. The number of anilines is 2. The summed E-state index contributed by atoms with van der Waals surface area (Å²) in [5.41, 5.74) is 3.26. The van der Waals surface area contributed by atoms with E-state index < -0.39 is 15.9 Å². The van der Waals surface area contributed by atoms with Crippen LogP contribution in [0.2, 0.25) is 0 Å². The zero-order valence-electron chi connectivity index (χ0n) is 19.5. The highest BCUT2D eigenvalue weighted by Crippen LogP contribution is 2.36. The highest BCUT2D eigenvalue weighted by molar-refractivity contribution is 7.90. The molecular formula is C24H28N4O5S. The van der Waals surface area contributed by atoms with E-state index in [9.17, 15) is 13.2 Å². The number of ether oxygens (including phenoxy) is 2.